The molecule has 1 unspecified atom stereocenters. The van der Waals surface area contributed by atoms with Crippen molar-refractivity contribution >= 4 is 11.6 Å². The van der Waals surface area contributed by atoms with Gasteiger partial charge in [0.1, 0.15) is 0 Å². The lowest BCUT2D eigenvalue weighted by Gasteiger charge is -2.16. The van der Waals surface area contributed by atoms with Crippen molar-refractivity contribution < 1.29 is 4.79 Å². The number of amides is 1. The predicted octanol–water partition coefficient (Wildman–Crippen LogP) is 1.50. The van der Waals surface area contributed by atoms with Gasteiger partial charge in [-0.15, -0.1) is 0 Å². The molecule has 4 nitrogen and oxygen atoms in total. The highest BCUT2D eigenvalue weighted by molar-refractivity contribution is 5.95. The number of carbonyl (C=O) groups excluding carboxylic acids is 1. The minimum atomic E-state index is -0.0454. The number of aryl methyl sites for hydroxylation is 1. The molecule has 1 rings (SSSR count). The van der Waals surface area contributed by atoms with Gasteiger partial charge in [0.25, 0.3) is 5.91 Å². The first-order valence-electron chi connectivity index (χ1n) is 5.94. The van der Waals surface area contributed by atoms with Crippen LogP contribution in [0.15, 0.2) is 18.2 Å². The third-order valence-electron chi connectivity index (χ3n) is 2.59. The van der Waals surface area contributed by atoms with Gasteiger partial charge in [-0.3, -0.25) is 4.79 Å². The normalized spacial score (nSPS) is 12.0. The van der Waals surface area contributed by atoms with E-state index in [1.54, 1.807) is 0 Å². The highest BCUT2D eigenvalue weighted by Gasteiger charge is 2.08. The maximum atomic E-state index is 11.7. The number of nitrogens with two attached hydrogens (primary N) is 1. The highest BCUT2D eigenvalue weighted by Crippen LogP contribution is 2.17. The van der Waals surface area contributed by atoms with Crippen molar-refractivity contribution in [2.24, 2.45) is 5.73 Å². The average Bonchev–Trinajstić information content (AvgIpc) is 2.32. The summed E-state index contributed by atoms with van der Waals surface area (Å²) in [5, 5.41) is 6.08. The fourth-order valence-corrected chi connectivity index (χ4v) is 1.51. The molecule has 1 amide bonds. The molecule has 4 heteroatoms. The molecule has 1 atom stereocenters. The van der Waals surface area contributed by atoms with Crippen LogP contribution < -0.4 is 16.4 Å². The second-order valence-corrected chi connectivity index (χ2v) is 4.17. The van der Waals surface area contributed by atoms with Crippen molar-refractivity contribution in [3.63, 3.8) is 0 Å². The smallest absolute Gasteiger partial charge is 0.251 e. The minimum Gasteiger partial charge on any atom is -0.381 e. The molecule has 4 N–H and O–H groups in total. The van der Waals surface area contributed by atoms with Gasteiger partial charge in [0, 0.05) is 30.4 Å². The standard InChI is InChI=1S/C13H21N3O/c1-4-15-13(17)11-6-5-9(2)12(7-11)16-10(3)8-14/h5-7,10,16H,4,8,14H2,1-3H3,(H,15,17). The van der Waals surface area contributed by atoms with Gasteiger partial charge in [-0.2, -0.15) is 0 Å². The molecule has 0 heterocycles. The molecule has 17 heavy (non-hydrogen) atoms. The van der Waals surface area contributed by atoms with Crippen molar-refractivity contribution in [2.45, 2.75) is 26.8 Å². The lowest BCUT2D eigenvalue weighted by Crippen LogP contribution is -2.26. The van der Waals surface area contributed by atoms with E-state index in [4.69, 9.17) is 5.73 Å². The van der Waals surface area contributed by atoms with Crippen LogP contribution in [-0.4, -0.2) is 25.0 Å². The number of rotatable bonds is 5. The second kappa shape index (κ2) is 6.25. The molecular weight excluding hydrogens is 214 g/mol. The van der Waals surface area contributed by atoms with Gasteiger partial charge in [-0.25, -0.2) is 0 Å². The van der Waals surface area contributed by atoms with Gasteiger partial charge in [-0.05, 0) is 38.5 Å². The molecule has 1 aromatic carbocycles. The van der Waals surface area contributed by atoms with Crippen LogP contribution in [-0.2, 0) is 0 Å². The van der Waals surface area contributed by atoms with Gasteiger partial charge >= 0.3 is 0 Å². The first kappa shape index (κ1) is 13.5. The molecule has 0 aromatic heterocycles. The fourth-order valence-electron chi connectivity index (χ4n) is 1.51. The zero-order valence-electron chi connectivity index (χ0n) is 10.7. The quantitative estimate of drug-likeness (QED) is 0.724. The van der Waals surface area contributed by atoms with E-state index in [0.717, 1.165) is 11.3 Å². The first-order chi connectivity index (χ1) is 8.08. The maximum Gasteiger partial charge on any atom is 0.251 e. The van der Waals surface area contributed by atoms with Crippen molar-refractivity contribution in [3.05, 3.63) is 29.3 Å². The summed E-state index contributed by atoms with van der Waals surface area (Å²) in [6.45, 7) is 7.12. The van der Waals surface area contributed by atoms with Crippen LogP contribution in [0.3, 0.4) is 0 Å². The summed E-state index contributed by atoms with van der Waals surface area (Å²) < 4.78 is 0. The lowest BCUT2D eigenvalue weighted by molar-refractivity contribution is 0.0956. The highest BCUT2D eigenvalue weighted by atomic mass is 16.1. The van der Waals surface area contributed by atoms with Gasteiger partial charge in [0.15, 0.2) is 0 Å². The topological polar surface area (TPSA) is 67.2 Å². The Bertz CT molecular complexity index is 390. The van der Waals surface area contributed by atoms with Crippen LogP contribution in [0.25, 0.3) is 0 Å². The number of nitrogens with one attached hydrogen (secondary N) is 2. The minimum absolute atomic E-state index is 0.0454. The van der Waals surface area contributed by atoms with Crippen molar-refractivity contribution in [1.82, 2.24) is 5.32 Å². The van der Waals surface area contributed by atoms with Gasteiger partial charge in [0.05, 0.1) is 0 Å². The lowest BCUT2D eigenvalue weighted by atomic mass is 10.1. The average molecular weight is 235 g/mol. The third kappa shape index (κ3) is 3.75. The molecule has 0 saturated heterocycles. The molecule has 0 saturated carbocycles. The number of anilines is 1. The van der Waals surface area contributed by atoms with E-state index >= 15 is 0 Å². The SMILES string of the molecule is CCNC(=O)c1ccc(C)c(NC(C)CN)c1. The summed E-state index contributed by atoms with van der Waals surface area (Å²) in [7, 11) is 0. The zero-order valence-corrected chi connectivity index (χ0v) is 10.7. The molecule has 0 fully saturated rings. The van der Waals surface area contributed by atoms with Crippen molar-refractivity contribution in [3.8, 4) is 0 Å². The fraction of sp³-hybridized carbons (Fsp3) is 0.462. The van der Waals surface area contributed by atoms with Gasteiger partial charge in [-0.1, -0.05) is 6.07 Å². The Kier molecular flexibility index (Phi) is 4.97. The predicted molar refractivity (Wildman–Crippen MR) is 71.3 cm³/mol. The Morgan fingerprint density at radius 2 is 2.18 bits per heavy atom. The van der Waals surface area contributed by atoms with Gasteiger partial charge in [0.2, 0.25) is 0 Å². The molecule has 0 bridgehead atoms. The molecule has 1 aromatic rings. The van der Waals surface area contributed by atoms with E-state index in [1.165, 1.54) is 0 Å². The summed E-state index contributed by atoms with van der Waals surface area (Å²) in [6.07, 6.45) is 0. The number of hydrogen-bond donors (Lipinski definition) is 3. The van der Waals surface area contributed by atoms with Crippen LogP contribution in [0, 0.1) is 6.92 Å². The summed E-state index contributed by atoms with van der Waals surface area (Å²) in [5.74, 6) is -0.0454. The first-order valence-corrected chi connectivity index (χ1v) is 5.94. The van der Waals surface area contributed by atoms with Crippen LogP contribution >= 0.6 is 0 Å². The largest absolute Gasteiger partial charge is 0.381 e. The van der Waals surface area contributed by atoms with Crippen LogP contribution in [0.1, 0.15) is 29.8 Å². The Morgan fingerprint density at radius 3 is 2.76 bits per heavy atom. The molecule has 0 radical (unpaired) electrons. The summed E-state index contributed by atoms with van der Waals surface area (Å²) in [5.41, 5.74) is 8.32. The monoisotopic (exact) mass is 235 g/mol. The molecule has 0 spiro atoms. The molecule has 0 aliphatic heterocycles. The van der Waals surface area contributed by atoms with E-state index in [-0.39, 0.29) is 11.9 Å². The molecular formula is C13H21N3O. The van der Waals surface area contributed by atoms with E-state index in [2.05, 4.69) is 10.6 Å². The number of carbonyl (C=O) groups is 1. The zero-order chi connectivity index (χ0) is 12.8. The summed E-state index contributed by atoms with van der Waals surface area (Å²) in [4.78, 5) is 11.7. The van der Waals surface area contributed by atoms with Crippen LogP contribution in [0.5, 0.6) is 0 Å². The molecule has 0 aliphatic rings. The van der Waals surface area contributed by atoms with E-state index in [9.17, 15) is 4.79 Å². The Hall–Kier alpha value is -1.55. The number of hydrogen-bond acceptors (Lipinski definition) is 3. The number of benzene rings is 1. The summed E-state index contributed by atoms with van der Waals surface area (Å²) >= 11 is 0. The molecule has 94 valence electrons. The second-order valence-electron chi connectivity index (χ2n) is 4.17. The van der Waals surface area contributed by atoms with Crippen molar-refractivity contribution in [2.75, 3.05) is 18.4 Å². The van der Waals surface area contributed by atoms with Crippen LogP contribution in [0.4, 0.5) is 5.69 Å². The van der Waals surface area contributed by atoms with Gasteiger partial charge < -0.3 is 16.4 Å². The van der Waals surface area contributed by atoms with E-state index in [0.29, 0.717) is 18.7 Å². The third-order valence-corrected chi connectivity index (χ3v) is 2.59. The maximum absolute atomic E-state index is 11.7. The summed E-state index contributed by atoms with van der Waals surface area (Å²) in [6, 6.07) is 5.83. The van der Waals surface area contributed by atoms with E-state index < -0.39 is 0 Å². The Labute approximate surface area is 103 Å². The molecule has 0 aliphatic carbocycles. The Morgan fingerprint density at radius 1 is 1.47 bits per heavy atom. The van der Waals surface area contributed by atoms with E-state index in [1.807, 2.05) is 39.0 Å². The Balaban J connectivity index is 2.90. The van der Waals surface area contributed by atoms with Crippen molar-refractivity contribution in [1.29, 1.82) is 0 Å². The van der Waals surface area contributed by atoms with Crippen LogP contribution in [0.2, 0.25) is 0 Å².